The number of nitrogens with one attached hydrogen (secondary N) is 2. The van der Waals surface area contributed by atoms with Crippen LogP contribution in [0.25, 0.3) is 0 Å². The number of benzene rings is 1. The van der Waals surface area contributed by atoms with Crippen LogP contribution in [-0.2, 0) is 0 Å². The Bertz CT molecular complexity index is 666. The van der Waals surface area contributed by atoms with Crippen molar-refractivity contribution in [3.05, 3.63) is 52.4 Å². The number of carbonyl (C=O) groups is 1. The Balaban J connectivity index is 2.11. The second-order valence-electron chi connectivity index (χ2n) is 3.66. The van der Waals surface area contributed by atoms with E-state index in [1.807, 2.05) is 0 Å². The van der Waals surface area contributed by atoms with Crippen LogP contribution < -0.4 is 10.6 Å². The fourth-order valence-corrected chi connectivity index (χ4v) is 1.70. The van der Waals surface area contributed by atoms with Crippen molar-refractivity contribution in [2.24, 2.45) is 0 Å². The maximum Gasteiger partial charge on any atom is 0.324 e. The first-order valence-electron chi connectivity index (χ1n) is 5.30. The summed E-state index contributed by atoms with van der Waals surface area (Å²) >= 11 is 3.19. The predicted octanol–water partition coefficient (Wildman–Crippen LogP) is 3.91. The van der Waals surface area contributed by atoms with Crippen molar-refractivity contribution in [3.63, 3.8) is 0 Å². The van der Waals surface area contributed by atoms with Gasteiger partial charge >= 0.3 is 6.03 Å². The van der Waals surface area contributed by atoms with Crippen molar-refractivity contribution < 1.29 is 18.0 Å². The molecular formula is C12H7BrF3N3O. The first kappa shape index (κ1) is 14.3. The third-order valence-electron chi connectivity index (χ3n) is 2.25. The smallest absolute Gasteiger partial charge is 0.305 e. The lowest BCUT2D eigenvalue weighted by Crippen LogP contribution is -2.21. The Morgan fingerprint density at radius 1 is 1.10 bits per heavy atom. The Morgan fingerprint density at radius 2 is 1.85 bits per heavy atom. The lowest BCUT2D eigenvalue weighted by molar-refractivity contribution is 0.262. The molecule has 0 unspecified atom stereocenters. The number of urea groups is 1. The first-order chi connectivity index (χ1) is 9.47. The summed E-state index contributed by atoms with van der Waals surface area (Å²) in [7, 11) is 0. The first-order valence-corrected chi connectivity index (χ1v) is 6.09. The predicted molar refractivity (Wildman–Crippen MR) is 70.9 cm³/mol. The maximum atomic E-state index is 13.3. The highest BCUT2D eigenvalue weighted by Gasteiger charge is 2.15. The molecule has 0 saturated heterocycles. The largest absolute Gasteiger partial charge is 0.324 e. The van der Waals surface area contributed by atoms with E-state index in [1.54, 1.807) is 6.07 Å². The van der Waals surface area contributed by atoms with E-state index in [-0.39, 0.29) is 5.82 Å². The van der Waals surface area contributed by atoms with E-state index in [0.29, 0.717) is 10.5 Å². The molecule has 0 aliphatic heterocycles. The van der Waals surface area contributed by atoms with Gasteiger partial charge in [-0.1, -0.05) is 15.9 Å². The van der Waals surface area contributed by atoms with Gasteiger partial charge in [0.25, 0.3) is 0 Å². The fraction of sp³-hybridized carbons (Fsp3) is 0. The Kier molecular flexibility index (Phi) is 4.23. The van der Waals surface area contributed by atoms with E-state index in [0.717, 1.165) is 6.07 Å². The molecule has 104 valence electrons. The number of anilines is 2. The number of carbonyl (C=O) groups excluding carboxylic acids is 1. The molecule has 0 fully saturated rings. The van der Waals surface area contributed by atoms with Gasteiger partial charge in [0.05, 0.1) is 5.69 Å². The standard InChI is InChI=1S/C12H7BrF3N3O/c13-6-3-4-17-9(5-6)19-12(20)18-8-2-1-7(14)10(15)11(8)16/h1-5H,(H2,17,18,19,20). The second kappa shape index (κ2) is 5.91. The summed E-state index contributed by atoms with van der Waals surface area (Å²) in [6.45, 7) is 0. The van der Waals surface area contributed by atoms with Crippen LogP contribution in [0.2, 0.25) is 0 Å². The number of amides is 2. The monoisotopic (exact) mass is 345 g/mol. The van der Waals surface area contributed by atoms with Crippen LogP contribution in [0, 0.1) is 17.5 Å². The number of nitrogens with zero attached hydrogens (tertiary/aromatic N) is 1. The molecule has 2 amide bonds. The van der Waals surface area contributed by atoms with E-state index in [4.69, 9.17) is 0 Å². The zero-order chi connectivity index (χ0) is 14.7. The minimum absolute atomic E-state index is 0.208. The van der Waals surface area contributed by atoms with Gasteiger partial charge in [0.15, 0.2) is 17.5 Å². The van der Waals surface area contributed by atoms with Gasteiger partial charge in [-0.25, -0.2) is 22.9 Å². The highest BCUT2D eigenvalue weighted by atomic mass is 79.9. The van der Waals surface area contributed by atoms with Crippen molar-refractivity contribution in [3.8, 4) is 0 Å². The number of halogens is 4. The van der Waals surface area contributed by atoms with E-state index >= 15 is 0 Å². The lowest BCUT2D eigenvalue weighted by Gasteiger charge is -2.08. The number of pyridine rings is 1. The summed E-state index contributed by atoms with van der Waals surface area (Å²) in [6.07, 6.45) is 1.44. The van der Waals surface area contributed by atoms with E-state index < -0.39 is 29.2 Å². The minimum Gasteiger partial charge on any atom is -0.305 e. The Hall–Kier alpha value is -2.09. The van der Waals surface area contributed by atoms with Crippen molar-refractivity contribution in [1.29, 1.82) is 0 Å². The van der Waals surface area contributed by atoms with Crippen LogP contribution in [0.3, 0.4) is 0 Å². The topological polar surface area (TPSA) is 54.0 Å². The molecular weight excluding hydrogens is 339 g/mol. The van der Waals surface area contributed by atoms with E-state index in [9.17, 15) is 18.0 Å². The van der Waals surface area contributed by atoms with Crippen molar-refractivity contribution in [2.45, 2.75) is 0 Å². The molecule has 0 bridgehead atoms. The van der Waals surface area contributed by atoms with E-state index in [1.165, 1.54) is 12.3 Å². The van der Waals surface area contributed by atoms with Crippen LogP contribution in [0.1, 0.15) is 0 Å². The van der Waals surface area contributed by atoms with Gasteiger partial charge in [-0.3, -0.25) is 5.32 Å². The lowest BCUT2D eigenvalue weighted by atomic mass is 10.3. The molecule has 2 N–H and O–H groups in total. The average molecular weight is 346 g/mol. The summed E-state index contributed by atoms with van der Waals surface area (Å²) in [5.74, 6) is -4.24. The summed E-state index contributed by atoms with van der Waals surface area (Å²) in [5.41, 5.74) is -0.476. The minimum atomic E-state index is -1.65. The molecule has 20 heavy (non-hydrogen) atoms. The number of aromatic nitrogens is 1. The van der Waals surface area contributed by atoms with Crippen LogP contribution >= 0.6 is 15.9 Å². The van der Waals surface area contributed by atoms with Crippen LogP contribution in [0.4, 0.5) is 29.5 Å². The highest BCUT2D eigenvalue weighted by Crippen LogP contribution is 2.20. The Morgan fingerprint density at radius 3 is 2.55 bits per heavy atom. The molecule has 0 aliphatic carbocycles. The summed E-state index contributed by atoms with van der Waals surface area (Å²) < 4.78 is 39.7. The highest BCUT2D eigenvalue weighted by molar-refractivity contribution is 9.10. The Labute approximate surface area is 120 Å². The molecule has 1 aromatic heterocycles. The van der Waals surface area contributed by atoms with Crippen LogP contribution in [0.15, 0.2) is 34.9 Å². The van der Waals surface area contributed by atoms with Gasteiger partial charge in [0.2, 0.25) is 0 Å². The normalized spacial score (nSPS) is 10.2. The maximum absolute atomic E-state index is 13.3. The molecule has 0 saturated carbocycles. The van der Waals surface area contributed by atoms with Crippen LogP contribution in [-0.4, -0.2) is 11.0 Å². The number of hydrogen-bond acceptors (Lipinski definition) is 2. The number of rotatable bonds is 2. The summed E-state index contributed by atoms with van der Waals surface area (Å²) in [4.78, 5) is 15.4. The van der Waals surface area contributed by atoms with Gasteiger partial charge in [-0.2, -0.15) is 0 Å². The molecule has 1 aromatic carbocycles. The van der Waals surface area contributed by atoms with Crippen molar-refractivity contribution in [1.82, 2.24) is 4.98 Å². The molecule has 2 rings (SSSR count). The van der Waals surface area contributed by atoms with Crippen molar-refractivity contribution >= 4 is 33.5 Å². The zero-order valence-corrected chi connectivity index (χ0v) is 11.3. The molecule has 0 aliphatic rings. The molecule has 0 atom stereocenters. The van der Waals surface area contributed by atoms with Crippen molar-refractivity contribution in [2.75, 3.05) is 10.6 Å². The fourth-order valence-electron chi connectivity index (χ4n) is 1.37. The molecule has 0 spiro atoms. The zero-order valence-electron chi connectivity index (χ0n) is 9.75. The van der Waals surface area contributed by atoms with Gasteiger partial charge in [0, 0.05) is 10.7 Å². The molecule has 0 radical (unpaired) electrons. The average Bonchev–Trinajstić information content (AvgIpc) is 2.39. The van der Waals surface area contributed by atoms with Crippen LogP contribution in [0.5, 0.6) is 0 Å². The molecule has 8 heteroatoms. The molecule has 2 aromatic rings. The summed E-state index contributed by atoms with van der Waals surface area (Å²) in [6, 6.07) is 3.97. The number of hydrogen-bond donors (Lipinski definition) is 2. The third-order valence-corrected chi connectivity index (χ3v) is 2.74. The molecule has 4 nitrogen and oxygen atoms in total. The van der Waals surface area contributed by atoms with Gasteiger partial charge in [0.1, 0.15) is 5.82 Å². The SMILES string of the molecule is O=C(Nc1cc(Br)ccn1)Nc1ccc(F)c(F)c1F. The van der Waals surface area contributed by atoms with Gasteiger partial charge in [-0.05, 0) is 24.3 Å². The third kappa shape index (κ3) is 3.27. The molecule has 1 heterocycles. The quantitative estimate of drug-likeness (QED) is 0.811. The second-order valence-corrected chi connectivity index (χ2v) is 4.58. The summed E-state index contributed by atoms with van der Waals surface area (Å²) in [5, 5.41) is 4.38. The van der Waals surface area contributed by atoms with Gasteiger partial charge in [-0.15, -0.1) is 0 Å². The van der Waals surface area contributed by atoms with E-state index in [2.05, 4.69) is 31.5 Å². The van der Waals surface area contributed by atoms with Gasteiger partial charge < -0.3 is 5.32 Å².